The third-order valence-corrected chi connectivity index (χ3v) is 5.31. The molecule has 6 nitrogen and oxygen atoms in total. The summed E-state index contributed by atoms with van der Waals surface area (Å²) in [5.41, 5.74) is 4.04. The van der Waals surface area contributed by atoms with Crippen LogP contribution in [0.25, 0.3) is 0 Å². The van der Waals surface area contributed by atoms with Crippen molar-refractivity contribution in [2.45, 2.75) is 60.2 Å². The fraction of sp³-hybridized carbons (Fsp3) is 0.571. The standard InChI is InChI=1S/C21H31N5O/c1-14(2)21(27)22-17(5)20-24-23-19-8-9-25(10-11-26(19)20)13-18-7-6-15(3)12-16(18)4/h6-7,12,14,17H,8-11,13H2,1-5H3,(H,22,27). The van der Waals surface area contributed by atoms with Crippen LogP contribution in [0.15, 0.2) is 18.2 Å². The van der Waals surface area contributed by atoms with Gasteiger partial charge in [0.2, 0.25) is 5.91 Å². The van der Waals surface area contributed by atoms with Crippen molar-refractivity contribution in [1.29, 1.82) is 0 Å². The van der Waals surface area contributed by atoms with Gasteiger partial charge < -0.3 is 9.88 Å². The Kier molecular flexibility index (Phi) is 5.95. The minimum absolute atomic E-state index is 0.0350. The topological polar surface area (TPSA) is 63.1 Å². The lowest BCUT2D eigenvalue weighted by Gasteiger charge is -2.21. The molecule has 1 aliphatic heterocycles. The van der Waals surface area contributed by atoms with Crippen LogP contribution in [-0.2, 0) is 24.3 Å². The van der Waals surface area contributed by atoms with Crippen LogP contribution in [0.1, 0.15) is 55.2 Å². The first-order valence-corrected chi connectivity index (χ1v) is 9.86. The van der Waals surface area contributed by atoms with Gasteiger partial charge in [0, 0.05) is 38.5 Å². The van der Waals surface area contributed by atoms with Gasteiger partial charge in [-0.25, -0.2) is 0 Å². The van der Waals surface area contributed by atoms with Crippen molar-refractivity contribution in [2.24, 2.45) is 5.92 Å². The maximum atomic E-state index is 12.0. The predicted molar refractivity (Wildman–Crippen MR) is 106 cm³/mol. The Bertz CT molecular complexity index is 811. The van der Waals surface area contributed by atoms with Crippen LogP contribution < -0.4 is 5.32 Å². The number of nitrogens with one attached hydrogen (secondary N) is 1. The Labute approximate surface area is 162 Å². The van der Waals surface area contributed by atoms with Gasteiger partial charge in [0.25, 0.3) is 0 Å². The summed E-state index contributed by atoms with van der Waals surface area (Å²) < 4.78 is 2.19. The van der Waals surface area contributed by atoms with Crippen molar-refractivity contribution in [3.8, 4) is 0 Å². The van der Waals surface area contributed by atoms with E-state index in [1.54, 1.807) is 0 Å². The highest BCUT2D eigenvalue weighted by molar-refractivity contribution is 5.78. The van der Waals surface area contributed by atoms with E-state index in [0.29, 0.717) is 0 Å². The Morgan fingerprint density at radius 1 is 1.15 bits per heavy atom. The number of hydrogen-bond donors (Lipinski definition) is 1. The van der Waals surface area contributed by atoms with Crippen molar-refractivity contribution >= 4 is 5.91 Å². The molecule has 0 fully saturated rings. The Balaban J connectivity index is 1.68. The second-order valence-electron chi connectivity index (χ2n) is 7.97. The zero-order valence-electron chi connectivity index (χ0n) is 17.1. The summed E-state index contributed by atoms with van der Waals surface area (Å²) >= 11 is 0. The van der Waals surface area contributed by atoms with Crippen molar-refractivity contribution < 1.29 is 4.79 Å². The molecular formula is C21H31N5O. The molecule has 146 valence electrons. The fourth-order valence-corrected chi connectivity index (χ4v) is 3.58. The summed E-state index contributed by atoms with van der Waals surface area (Å²) in [4.78, 5) is 14.5. The number of carbonyl (C=O) groups excluding carboxylic acids is 1. The van der Waals surface area contributed by atoms with Gasteiger partial charge in [-0.3, -0.25) is 9.69 Å². The molecule has 0 saturated heterocycles. The van der Waals surface area contributed by atoms with E-state index in [2.05, 4.69) is 57.0 Å². The highest BCUT2D eigenvalue weighted by Gasteiger charge is 2.23. The number of hydrogen-bond acceptors (Lipinski definition) is 4. The van der Waals surface area contributed by atoms with E-state index in [4.69, 9.17) is 0 Å². The molecular weight excluding hydrogens is 338 g/mol. The number of benzene rings is 1. The first kappa shape index (κ1) is 19.5. The molecule has 1 amide bonds. The first-order valence-electron chi connectivity index (χ1n) is 9.86. The number of aromatic nitrogens is 3. The smallest absolute Gasteiger partial charge is 0.223 e. The minimum atomic E-state index is -0.132. The van der Waals surface area contributed by atoms with Crippen LogP contribution >= 0.6 is 0 Å². The van der Waals surface area contributed by atoms with Gasteiger partial charge in [0.15, 0.2) is 5.82 Å². The Morgan fingerprint density at radius 3 is 2.63 bits per heavy atom. The van der Waals surface area contributed by atoms with Gasteiger partial charge in [-0.2, -0.15) is 0 Å². The maximum absolute atomic E-state index is 12.0. The molecule has 0 bridgehead atoms. The molecule has 0 saturated carbocycles. The van der Waals surface area contributed by atoms with E-state index in [-0.39, 0.29) is 17.9 Å². The molecule has 1 aromatic carbocycles. The quantitative estimate of drug-likeness (QED) is 0.880. The molecule has 3 rings (SSSR count). The van der Waals surface area contributed by atoms with E-state index < -0.39 is 0 Å². The SMILES string of the molecule is Cc1ccc(CN2CCc3nnc(C(C)NC(=O)C(C)C)n3CC2)c(C)c1. The zero-order valence-corrected chi connectivity index (χ0v) is 17.1. The molecule has 0 spiro atoms. The summed E-state index contributed by atoms with van der Waals surface area (Å²) in [6.45, 7) is 13.8. The average molecular weight is 370 g/mol. The molecule has 1 unspecified atom stereocenters. The largest absolute Gasteiger partial charge is 0.346 e. The molecule has 1 N–H and O–H groups in total. The molecule has 0 radical (unpaired) electrons. The summed E-state index contributed by atoms with van der Waals surface area (Å²) in [7, 11) is 0. The van der Waals surface area contributed by atoms with Crippen molar-refractivity contribution in [1.82, 2.24) is 25.0 Å². The van der Waals surface area contributed by atoms with Gasteiger partial charge in [0.1, 0.15) is 5.82 Å². The molecule has 1 aromatic heterocycles. The second kappa shape index (κ2) is 8.21. The third kappa shape index (κ3) is 4.56. The van der Waals surface area contributed by atoms with Gasteiger partial charge in [-0.1, -0.05) is 37.6 Å². The van der Waals surface area contributed by atoms with Crippen LogP contribution in [0.3, 0.4) is 0 Å². The van der Waals surface area contributed by atoms with Gasteiger partial charge in [-0.15, -0.1) is 10.2 Å². The average Bonchev–Trinajstić information content (AvgIpc) is 2.92. The lowest BCUT2D eigenvalue weighted by atomic mass is 10.1. The molecule has 6 heteroatoms. The lowest BCUT2D eigenvalue weighted by Crippen LogP contribution is -2.32. The van der Waals surface area contributed by atoms with Crippen LogP contribution in [0.4, 0.5) is 0 Å². The second-order valence-corrected chi connectivity index (χ2v) is 7.97. The van der Waals surface area contributed by atoms with Gasteiger partial charge in [-0.05, 0) is 31.9 Å². The lowest BCUT2D eigenvalue weighted by molar-refractivity contribution is -0.124. The number of fused-ring (bicyclic) bond motifs is 1. The van der Waals surface area contributed by atoms with Crippen molar-refractivity contribution in [3.05, 3.63) is 46.5 Å². The normalized spacial score (nSPS) is 16.1. The number of carbonyl (C=O) groups is 1. The number of amides is 1. The van der Waals surface area contributed by atoms with Crippen LogP contribution in [0.5, 0.6) is 0 Å². The first-order chi connectivity index (χ1) is 12.8. The summed E-state index contributed by atoms with van der Waals surface area (Å²) in [6.07, 6.45) is 0.878. The summed E-state index contributed by atoms with van der Waals surface area (Å²) in [5, 5.41) is 11.8. The maximum Gasteiger partial charge on any atom is 0.223 e. The van der Waals surface area contributed by atoms with Crippen molar-refractivity contribution in [2.75, 3.05) is 13.1 Å². The fourth-order valence-electron chi connectivity index (χ4n) is 3.58. The highest BCUT2D eigenvalue weighted by Crippen LogP contribution is 2.18. The van der Waals surface area contributed by atoms with Gasteiger partial charge >= 0.3 is 0 Å². The number of aryl methyl sites for hydroxylation is 2. The van der Waals surface area contributed by atoms with E-state index in [1.165, 1.54) is 16.7 Å². The van der Waals surface area contributed by atoms with Crippen molar-refractivity contribution in [3.63, 3.8) is 0 Å². The third-order valence-electron chi connectivity index (χ3n) is 5.31. The molecule has 1 aliphatic rings. The van der Waals surface area contributed by atoms with Crippen LogP contribution in [0, 0.1) is 19.8 Å². The predicted octanol–water partition coefficient (Wildman–Crippen LogP) is 2.79. The number of rotatable bonds is 5. The van der Waals surface area contributed by atoms with E-state index in [9.17, 15) is 4.79 Å². The zero-order chi connectivity index (χ0) is 19.6. The molecule has 0 aliphatic carbocycles. The number of nitrogens with zero attached hydrogens (tertiary/aromatic N) is 4. The molecule has 2 heterocycles. The Hall–Kier alpha value is -2.21. The van der Waals surface area contributed by atoms with Gasteiger partial charge in [0.05, 0.1) is 6.04 Å². The van der Waals surface area contributed by atoms with E-state index in [1.807, 2.05) is 20.8 Å². The van der Waals surface area contributed by atoms with E-state index in [0.717, 1.165) is 44.2 Å². The molecule has 1 atom stereocenters. The summed E-state index contributed by atoms with van der Waals surface area (Å²) in [5.74, 6) is 1.88. The molecule has 2 aromatic rings. The monoisotopic (exact) mass is 369 g/mol. The minimum Gasteiger partial charge on any atom is -0.346 e. The molecule has 27 heavy (non-hydrogen) atoms. The van der Waals surface area contributed by atoms with Crippen LogP contribution in [-0.4, -0.2) is 38.7 Å². The highest BCUT2D eigenvalue weighted by atomic mass is 16.1. The Morgan fingerprint density at radius 2 is 1.93 bits per heavy atom. The van der Waals surface area contributed by atoms with Crippen LogP contribution in [0.2, 0.25) is 0 Å². The summed E-state index contributed by atoms with van der Waals surface area (Å²) in [6, 6.07) is 6.54. The van der Waals surface area contributed by atoms with E-state index >= 15 is 0 Å².